The third kappa shape index (κ3) is 4.30. The van der Waals surface area contributed by atoms with Crippen molar-refractivity contribution in [1.82, 2.24) is 9.97 Å². The van der Waals surface area contributed by atoms with Crippen LogP contribution in [-0.4, -0.2) is 29.7 Å². The summed E-state index contributed by atoms with van der Waals surface area (Å²) in [4.78, 5) is 9.46. The smallest absolute Gasteiger partial charge is 0.225 e. The van der Waals surface area contributed by atoms with Crippen LogP contribution in [0.3, 0.4) is 0 Å². The van der Waals surface area contributed by atoms with E-state index in [1.807, 2.05) is 30.3 Å². The van der Waals surface area contributed by atoms with Gasteiger partial charge >= 0.3 is 0 Å². The van der Waals surface area contributed by atoms with Crippen LogP contribution in [0.15, 0.2) is 48.5 Å². The van der Waals surface area contributed by atoms with E-state index in [2.05, 4.69) is 33.8 Å². The molecule has 0 spiro atoms. The number of anilines is 2. The van der Waals surface area contributed by atoms with Gasteiger partial charge in [-0.25, -0.2) is 4.98 Å². The summed E-state index contributed by atoms with van der Waals surface area (Å²) in [7, 11) is 1.69. The van der Waals surface area contributed by atoms with Gasteiger partial charge in [0.15, 0.2) is 0 Å². The maximum absolute atomic E-state index is 5.21. The number of benzene rings is 2. The highest BCUT2D eigenvalue weighted by atomic mass is 16.5. The summed E-state index contributed by atoms with van der Waals surface area (Å²) in [6, 6.07) is 16.9. The zero-order chi connectivity index (χ0) is 18.5. The van der Waals surface area contributed by atoms with Crippen LogP contribution in [0.1, 0.15) is 31.2 Å². The van der Waals surface area contributed by atoms with E-state index in [4.69, 9.17) is 9.72 Å². The summed E-state index contributed by atoms with van der Waals surface area (Å²) in [5, 5.41) is 8.11. The van der Waals surface area contributed by atoms with Crippen LogP contribution >= 0.6 is 0 Å². The first-order valence-electron chi connectivity index (χ1n) is 9.72. The third-order valence-corrected chi connectivity index (χ3v) is 5.16. The molecule has 5 heteroatoms. The number of aromatic nitrogens is 2. The van der Waals surface area contributed by atoms with Crippen molar-refractivity contribution in [2.24, 2.45) is 0 Å². The molecule has 1 aliphatic carbocycles. The normalized spacial score (nSPS) is 14.4. The molecule has 5 nitrogen and oxygen atoms in total. The molecule has 0 unspecified atom stereocenters. The Bertz CT molecular complexity index is 888. The fraction of sp³-hybridized carbons (Fsp3) is 0.364. The molecular weight excluding hydrogens is 336 g/mol. The van der Waals surface area contributed by atoms with Gasteiger partial charge in [-0.2, -0.15) is 4.98 Å². The van der Waals surface area contributed by atoms with Crippen LogP contribution in [-0.2, 0) is 6.42 Å². The molecule has 1 saturated carbocycles. The largest absolute Gasteiger partial charge is 0.497 e. The maximum atomic E-state index is 5.21. The molecule has 3 aromatic rings. The molecule has 1 fully saturated rings. The first kappa shape index (κ1) is 17.6. The molecule has 0 amide bonds. The molecule has 1 aromatic heterocycles. The molecule has 0 saturated heterocycles. The predicted molar refractivity (Wildman–Crippen MR) is 111 cm³/mol. The molecular formula is C22H26N4O. The van der Waals surface area contributed by atoms with Crippen LogP contribution < -0.4 is 15.4 Å². The van der Waals surface area contributed by atoms with E-state index in [0.717, 1.165) is 35.4 Å². The second-order valence-corrected chi connectivity index (χ2v) is 7.06. The lowest BCUT2D eigenvalue weighted by Crippen LogP contribution is -2.17. The zero-order valence-electron chi connectivity index (χ0n) is 15.7. The van der Waals surface area contributed by atoms with E-state index >= 15 is 0 Å². The van der Waals surface area contributed by atoms with Gasteiger partial charge in [-0.05, 0) is 49.1 Å². The van der Waals surface area contributed by atoms with Gasteiger partial charge in [0.2, 0.25) is 5.95 Å². The molecule has 1 heterocycles. The second kappa shape index (κ2) is 8.25. The molecule has 2 aromatic carbocycles. The van der Waals surface area contributed by atoms with Gasteiger partial charge in [0.05, 0.1) is 12.6 Å². The Morgan fingerprint density at radius 3 is 2.56 bits per heavy atom. The summed E-state index contributed by atoms with van der Waals surface area (Å²) >= 11 is 0. The van der Waals surface area contributed by atoms with Gasteiger partial charge in [0, 0.05) is 18.0 Å². The highest BCUT2D eigenvalue weighted by Crippen LogP contribution is 2.27. The van der Waals surface area contributed by atoms with E-state index in [9.17, 15) is 0 Å². The Morgan fingerprint density at radius 1 is 1.00 bits per heavy atom. The molecule has 27 heavy (non-hydrogen) atoms. The number of fused-ring (bicyclic) bond motifs is 1. The van der Waals surface area contributed by atoms with Gasteiger partial charge in [0.1, 0.15) is 11.6 Å². The minimum absolute atomic E-state index is 0.524. The Morgan fingerprint density at radius 2 is 1.78 bits per heavy atom. The van der Waals surface area contributed by atoms with Crippen molar-refractivity contribution < 1.29 is 4.74 Å². The van der Waals surface area contributed by atoms with E-state index in [0.29, 0.717) is 12.0 Å². The second-order valence-electron chi connectivity index (χ2n) is 7.06. The summed E-state index contributed by atoms with van der Waals surface area (Å²) in [6.45, 7) is 0.785. The first-order chi connectivity index (χ1) is 13.3. The van der Waals surface area contributed by atoms with E-state index in [1.54, 1.807) is 7.11 Å². The fourth-order valence-corrected chi connectivity index (χ4v) is 3.64. The highest BCUT2D eigenvalue weighted by molar-refractivity contribution is 5.90. The Balaban J connectivity index is 1.47. The maximum Gasteiger partial charge on any atom is 0.225 e. The van der Waals surface area contributed by atoms with Crippen LogP contribution in [0.25, 0.3) is 10.9 Å². The van der Waals surface area contributed by atoms with Crippen molar-refractivity contribution in [2.75, 3.05) is 24.3 Å². The number of para-hydroxylation sites is 1. The number of methoxy groups -OCH3 is 1. The number of nitrogens with one attached hydrogen (secondary N) is 2. The van der Waals surface area contributed by atoms with Gasteiger partial charge in [0.25, 0.3) is 0 Å². The molecule has 0 aliphatic heterocycles. The minimum Gasteiger partial charge on any atom is -0.497 e. The van der Waals surface area contributed by atoms with Gasteiger partial charge in [-0.15, -0.1) is 0 Å². The molecule has 2 N–H and O–H groups in total. The number of hydrogen-bond donors (Lipinski definition) is 2. The van der Waals surface area contributed by atoms with Crippen molar-refractivity contribution in [3.8, 4) is 5.75 Å². The lowest BCUT2D eigenvalue weighted by Gasteiger charge is -2.16. The fourth-order valence-electron chi connectivity index (χ4n) is 3.64. The Kier molecular flexibility index (Phi) is 5.37. The van der Waals surface area contributed by atoms with Gasteiger partial charge in [-0.3, -0.25) is 0 Å². The lowest BCUT2D eigenvalue weighted by atomic mass is 10.1. The van der Waals surface area contributed by atoms with Crippen molar-refractivity contribution in [3.05, 3.63) is 54.1 Å². The number of ether oxygens (including phenoxy) is 1. The van der Waals surface area contributed by atoms with E-state index in [1.165, 1.54) is 31.2 Å². The number of nitrogens with zero attached hydrogens (tertiary/aromatic N) is 2. The topological polar surface area (TPSA) is 59.1 Å². The number of hydrogen-bond acceptors (Lipinski definition) is 5. The van der Waals surface area contributed by atoms with E-state index in [-0.39, 0.29) is 0 Å². The molecule has 4 rings (SSSR count). The molecule has 140 valence electrons. The van der Waals surface area contributed by atoms with Crippen LogP contribution in [0.5, 0.6) is 5.75 Å². The van der Waals surface area contributed by atoms with Crippen molar-refractivity contribution in [3.63, 3.8) is 0 Å². The molecule has 0 atom stereocenters. The summed E-state index contributed by atoms with van der Waals surface area (Å²) in [6.07, 6.45) is 5.95. The summed E-state index contributed by atoms with van der Waals surface area (Å²) < 4.78 is 5.21. The SMILES string of the molecule is COc1ccc(CCNc2nc(NC3CCCC3)c3ccccc3n2)cc1. The minimum atomic E-state index is 0.524. The summed E-state index contributed by atoms with van der Waals surface area (Å²) in [5.41, 5.74) is 2.23. The lowest BCUT2D eigenvalue weighted by molar-refractivity contribution is 0.414. The van der Waals surface area contributed by atoms with Crippen LogP contribution in [0.4, 0.5) is 11.8 Å². The van der Waals surface area contributed by atoms with Crippen molar-refractivity contribution in [1.29, 1.82) is 0 Å². The molecule has 0 bridgehead atoms. The zero-order valence-corrected chi connectivity index (χ0v) is 15.7. The third-order valence-electron chi connectivity index (χ3n) is 5.16. The first-order valence-corrected chi connectivity index (χ1v) is 9.72. The summed E-state index contributed by atoms with van der Waals surface area (Å²) in [5.74, 6) is 2.51. The van der Waals surface area contributed by atoms with Crippen molar-refractivity contribution in [2.45, 2.75) is 38.1 Å². The average Bonchev–Trinajstić information content (AvgIpc) is 3.22. The predicted octanol–water partition coefficient (Wildman–Crippen LogP) is 4.65. The molecule has 0 radical (unpaired) electrons. The number of rotatable bonds is 7. The molecule has 1 aliphatic rings. The van der Waals surface area contributed by atoms with Gasteiger partial charge in [-0.1, -0.05) is 37.1 Å². The van der Waals surface area contributed by atoms with Gasteiger partial charge < -0.3 is 15.4 Å². The quantitative estimate of drug-likeness (QED) is 0.641. The highest BCUT2D eigenvalue weighted by Gasteiger charge is 2.17. The van der Waals surface area contributed by atoms with Crippen LogP contribution in [0, 0.1) is 0 Å². The standard InChI is InChI=1S/C22H26N4O/c1-27-18-12-10-16(11-13-18)14-15-23-22-25-20-9-5-4-8-19(20)21(26-22)24-17-6-2-3-7-17/h4-5,8-13,17H,2-3,6-7,14-15H2,1H3,(H2,23,24,25,26). The van der Waals surface area contributed by atoms with Crippen LogP contribution in [0.2, 0.25) is 0 Å². The Hall–Kier alpha value is -2.82. The van der Waals surface area contributed by atoms with E-state index < -0.39 is 0 Å². The monoisotopic (exact) mass is 362 g/mol. The van der Waals surface area contributed by atoms with Crippen molar-refractivity contribution >= 4 is 22.7 Å². The average molecular weight is 362 g/mol. The Labute approximate surface area is 160 Å².